The maximum absolute atomic E-state index is 11.6. The van der Waals surface area contributed by atoms with E-state index in [1.807, 2.05) is 19.1 Å². The number of hydrogen-bond donors (Lipinski definition) is 1. The summed E-state index contributed by atoms with van der Waals surface area (Å²) in [6.45, 7) is 2.44. The Bertz CT molecular complexity index is 614. The van der Waals surface area contributed by atoms with Crippen molar-refractivity contribution in [3.63, 3.8) is 0 Å². The predicted octanol–water partition coefficient (Wildman–Crippen LogP) is 2.63. The SMILES string of the molecule is CCOc1cc(/C=C2\SC(N)=NC2=O)cc(I)c1OC. The van der Waals surface area contributed by atoms with Gasteiger partial charge in [0.05, 0.1) is 22.2 Å². The van der Waals surface area contributed by atoms with E-state index in [0.29, 0.717) is 23.0 Å². The van der Waals surface area contributed by atoms with E-state index in [4.69, 9.17) is 15.2 Å². The molecule has 2 N–H and O–H groups in total. The number of amidine groups is 1. The zero-order valence-electron chi connectivity index (χ0n) is 11.0. The summed E-state index contributed by atoms with van der Waals surface area (Å²) in [7, 11) is 1.60. The molecule has 1 heterocycles. The first-order valence-corrected chi connectivity index (χ1v) is 7.73. The van der Waals surface area contributed by atoms with Gasteiger partial charge in [0.15, 0.2) is 16.7 Å². The van der Waals surface area contributed by atoms with Gasteiger partial charge in [0.25, 0.3) is 5.91 Å². The second-order valence-corrected chi connectivity index (χ2v) is 6.06. The number of ether oxygens (including phenoxy) is 2. The molecule has 0 saturated heterocycles. The van der Waals surface area contributed by atoms with Gasteiger partial charge in [-0.15, -0.1) is 0 Å². The highest BCUT2D eigenvalue weighted by molar-refractivity contribution is 14.1. The summed E-state index contributed by atoms with van der Waals surface area (Å²) in [5.41, 5.74) is 6.37. The predicted molar refractivity (Wildman–Crippen MR) is 89.1 cm³/mol. The summed E-state index contributed by atoms with van der Waals surface area (Å²) in [5, 5.41) is 0.273. The standard InChI is InChI=1S/C13H13IN2O3S/c1-3-19-9-5-7(4-8(14)11(9)18-2)6-10-12(17)16-13(15)20-10/h4-6H,3H2,1-2H3,(H2,15,16,17)/b10-6-. The van der Waals surface area contributed by atoms with Gasteiger partial charge in [-0.1, -0.05) is 0 Å². The molecule has 1 aliphatic heterocycles. The Morgan fingerprint density at radius 1 is 1.50 bits per heavy atom. The molecule has 0 saturated carbocycles. The maximum Gasteiger partial charge on any atom is 0.286 e. The van der Waals surface area contributed by atoms with Crippen LogP contribution in [0.2, 0.25) is 0 Å². The van der Waals surface area contributed by atoms with Crippen LogP contribution in [-0.4, -0.2) is 24.8 Å². The molecule has 0 unspecified atom stereocenters. The fraction of sp³-hybridized carbons (Fsp3) is 0.231. The lowest BCUT2D eigenvalue weighted by molar-refractivity contribution is -0.113. The first-order valence-electron chi connectivity index (χ1n) is 5.83. The van der Waals surface area contributed by atoms with Crippen molar-refractivity contribution in [2.45, 2.75) is 6.92 Å². The Kier molecular flexibility index (Phi) is 4.92. The first-order chi connectivity index (χ1) is 9.55. The van der Waals surface area contributed by atoms with Crippen molar-refractivity contribution in [3.8, 4) is 11.5 Å². The van der Waals surface area contributed by atoms with Crippen molar-refractivity contribution in [2.24, 2.45) is 10.7 Å². The van der Waals surface area contributed by atoms with Gasteiger partial charge < -0.3 is 15.2 Å². The summed E-state index contributed by atoms with van der Waals surface area (Å²) in [4.78, 5) is 15.8. The van der Waals surface area contributed by atoms with Crippen molar-refractivity contribution >= 4 is 51.5 Å². The normalized spacial score (nSPS) is 16.4. The third-order valence-corrected chi connectivity index (χ3v) is 4.08. The van der Waals surface area contributed by atoms with E-state index in [9.17, 15) is 4.79 Å². The quantitative estimate of drug-likeness (QED) is 0.617. The molecule has 0 fully saturated rings. The molecule has 5 nitrogen and oxygen atoms in total. The van der Waals surface area contributed by atoms with Crippen LogP contribution in [0, 0.1) is 3.57 Å². The van der Waals surface area contributed by atoms with Crippen LogP contribution in [0.4, 0.5) is 0 Å². The number of rotatable bonds is 4. The Morgan fingerprint density at radius 2 is 2.25 bits per heavy atom. The van der Waals surface area contributed by atoms with Gasteiger partial charge in [-0.3, -0.25) is 4.79 Å². The molecule has 0 spiro atoms. The smallest absolute Gasteiger partial charge is 0.286 e. The zero-order valence-corrected chi connectivity index (χ0v) is 13.9. The lowest BCUT2D eigenvalue weighted by Crippen LogP contribution is -2.01. The maximum atomic E-state index is 11.6. The number of aliphatic imine (C=N–C) groups is 1. The average Bonchev–Trinajstić information content (AvgIpc) is 2.68. The summed E-state index contributed by atoms with van der Waals surface area (Å²) in [6.07, 6.45) is 1.75. The molecule has 7 heteroatoms. The van der Waals surface area contributed by atoms with Crippen molar-refractivity contribution in [1.29, 1.82) is 0 Å². The van der Waals surface area contributed by atoms with Gasteiger partial charge in [-0.25, -0.2) is 0 Å². The number of methoxy groups -OCH3 is 1. The van der Waals surface area contributed by atoms with Gasteiger partial charge in [0.1, 0.15) is 0 Å². The molecule has 1 aliphatic rings. The van der Waals surface area contributed by atoms with E-state index >= 15 is 0 Å². The minimum absolute atomic E-state index is 0.273. The topological polar surface area (TPSA) is 73.9 Å². The van der Waals surface area contributed by atoms with E-state index < -0.39 is 0 Å². The highest BCUT2D eigenvalue weighted by atomic mass is 127. The summed E-state index contributed by atoms with van der Waals surface area (Å²) in [5.74, 6) is 1.03. The van der Waals surface area contributed by atoms with Crippen LogP contribution in [-0.2, 0) is 4.79 Å². The van der Waals surface area contributed by atoms with Gasteiger partial charge in [-0.2, -0.15) is 4.99 Å². The molecule has 0 aliphatic carbocycles. The van der Waals surface area contributed by atoms with Crippen LogP contribution >= 0.6 is 34.4 Å². The molecule has 1 amide bonds. The van der Waals surface area contributed by atoms with Crippen LogP contribution in [0.3, 0.4) is 0 Å². The van der Waals surface area contributed by atoms with Gasteiger partial charge >= 0.3 is 0 Å². The number of benzene rings is 1. The average molecular weight is 404 g/mol. The molecular formula is C13H13IN2O3S. The van der Waals surface area contributed by atoms with E-state index in [1.165, 1.54) is 11.8 Å². The molecule has 2 rings (SSSR count). The Labute approximate surface area is 134 Å². The number of carbonyl (C=O) groups is 1. The van der Waals surface area contributed by atoms with Crippen LogP contribution < -0.4 is 15.2 Å². The number of nitrogens with zero attached hydrogens (tertiary/aromatic N) is 1. The van der Waals surface area contributed by atoms with Crippen LogP contribution in [0.25, 0.3) is 6.08 Å². The molecule has 20 heavy (non-hydrogen) atoms. The number of nitrogens with two attached hydrogens (primary N) is 1. The fourth-order valence-corrected chi connectivity index (χ4v) is 3.24. The number of halogens is 1. The van der Waals surface area contributed by atoms with E-state index in [-0.39, 0.29) is 11.1 Å². The molecule has 106 valence electrons. The molecule has 1 aromatic carbocycles. The minimum atomic E-state index is -0.309. The lowest BCUT2D eigenvalue weighted by atomic mass is 10.2. The number of amides is 1. The molecule has 0 radical (unpaired) electrons. The van der Waals surface area contributed by atoms with Crippen molar-refractivity contribution in [3.05, 3.63) is 26.2 Å². The van der Waals surface area contributed by atoms with E-state index in [2.05, 4.69) is 27.6 Å². The summed E-state index contributed by atoms with van der Waals surface area (Å²) < 4.78 is 11.8. The lowest BCUT2D eigenvalue weighted by Gasteiger charge is -2.12. The molecule has 0 atom stereocenters. The molecule has 0 bridgehead atoms. The first kappa shape index (κ1) is 15.2. The summed E-state index contributed by atoms with van der Waals surface area (Å²) >= 11 is 3.34. The number of hydrogen-bond acceptors (Lipinski definition) is 5. The van der Waals surface area contributed by atoms with Crippen molar-refractivity contribution < 1.29 is 14.3 Å². The van der Waals surface area contributed by atoms with Crippen LogP contribution in [0.5, 0.6) is 11.5 Å². The highest BCUT2D eigenvalue weighted by Crippen LogP contribution is 2.35. The Morgan fingerprint density at radius 3 is 2.80 bits per heavy atom. The third kappa shape index (κ3) is 3.26. The van der Waals surface area contributed by atoms with E-state index in [1.54, 1.807) is 13.2 Å². The monoisotopic (exact) mass is 404 g/mol. The largest absolute Gasteiger partial charge is 0.492 e. The van der Waals surface area contributed by atoms with Crippen LogP contribution in [0.15, 0.2) is 22.0 Å². The minimum Gasteiger partial charge on any atom is -0.492 e. The third-order valence-electron chi connectivity index (χ3n) is 2.47. The van der Waals surface area contributed by atoms with Crippen molar-refractivity contribution in [2.75, 3.05) is 13.7 Å². The van der Waals surface area contributed by atoms with Crippen LogP contribution in [0.1, 0.15) is 12.5 Å². The zero-order chi connectivity index (χ0) is 14.7. The molecule has 0 aromatic heterocycles. The van der Waals surface area contributed by atoms with Gasteiger partial charge in [0.2, 0.25) is 0 Å². The molecule has 1 aromatic rings. The number of carbonyl (C=O) groups excluding carboxylic acids is 1. The Hall–Kier alpha value is -1.22. The van der Waals surface area contributed by atoms with E-state index in [0.717, 1.165) is 9.13 Å². The van der Waals surface area contributed by atoms with Gasteiger partial charge in [-0.05, 0) is 65.0 Å². The molecular weight excluding hydrogens is 391 g/mol. The fourth-order valence-electron chi connectivity index (χ4n) is 1.71. The second-order valence-electron chi connectivity index (χ2n) is 3.83. The second kappa shape index (κ2) is 6.49. The summed E-state index contributed by atoms with van der Waals surface area (Å²) in [6, 6.07) is 3.75. The number of thioether (sulfide) groups is 1. The highest BCUT2D eigenvalue weighted by Gasteiger charge is 2.20. The Balaban J connectivity index is 2.39. The van der Waals surface area contributed by atoms with Gasteiger partial charge in [0, 0.05) is 0 Å². The van der Waals surface area contributed by atoms with Crippen molar-refractivity contribution in [1.82, 2.24) is 0 Å².